The number of hydrogen-bond acceptors (Lipinski definition) is 10. The van der Waals surface area contributed by atoms with Crippen molar-refractivity contribution in [2.24, 2.45) is 0 Å². The van der Waals surface area contributed by atoms with E-state index in [4.69, 9.17) is 14.2 Å². The van der Waals surface area contributed by atoms with Gasteiger partial charge >= 0.3 is 5.97 Å². The number of amides is 1. The summed E-state index contributed by atoms with van der Waals surface area (Å²) in [6, 6.07) is -1.03. The van der Waals surface area contributed by atoms with Crippen LogP contribution >= 0.6 is 0 Å². The average Bonchev–Trinajstić information content (AvgIpc) is 3.47. The van der Waals surface area contributed by atoms with Gasteiger partial charge in [0.25, 0.3) is 0 Å². The van der Waals surface area contributed by atoms with Gasteiger partial charge in [-0.25, -0.2) is 0 Å². The van der Waals surface area contributed by atoms with Crippen LogP contribution in [-0.2, 0) is 23.8 Å². The number of nitrogens with one attached hydrogen (secondary N) is 1. The molecule has 0 aromatic heterocycles. The van der Waals surface area contributed by atoms with E-state index in [0.29, 0.717) is 19.3 Å². The van der Waals surface area contributed by atoms with Crippen LogP contribution in [0.5, 0.6) is 0 Å². The van der Waals surface area contributed by atoms with E-state index >= 15 is 0 Å². The maximum absolute atomic E-state index is 13.4. The van der Waals surface area contributed by atoms with E-state index < -0.39 is 67.4 Å². The molecule has 0 aromatic rings. The Bertz CT molecular complexity index is 1610. The van der Waals surface area contributed by atoms with Crippen LogP contribution in [0.2, 0.25) is 0 Å². The van der Waals surface area contributed by atoms with Crippen molar-refractivity contribution in [2.75, 3.05) is 13.2 Å². The van der Waals surface area contributed by atoms with Gasteiger partial charge in [-0.2, -0.15) is 0 Å². The molecule has 6 N–H and O–H groups in total. The first-order valence-electron chi connectivity index (χ1n) is 32.4. The van der Waals surface area contributed by atoms with E-state index in [1.807, 2.05) is 6.08 Å². The number of carbonyl (C=O) groups is 2. The molecule has 11 heteroatoms. The number of unbranched alkanes of at least 4 members (excludes halogenated alkanes) is 28. The van der Waals surface area contributed by atoms with Crippen molar-refractivity contribution in [2.45, 2.75) is 320 Å². The van der Waals surface area contributed by atoms with Gasteiger partial charge in [0.2, 0.25) is 5.91 Å². The van der Waals surface area contributed by atoms with Crippen LogP contribution in [0.4, 0.5) is 0 Å². The zero-order valence-corrected chi connectivity index (χ0v) is 50.5. The van der Waals surface area contributed by atoms with Gasteiger partial charge in [-0.1, -0.05) is 273 Å². The van der Waals surface area contributed by atoms with Crippen molar-refractivity contribution < 1.29 is 49.3 Å². The largest absolute Gasteiger partial charge is 0.454 e. The number of esters is 1. The standard InChI is InChI=1S/C68H119NO10/c1-4-7-10-13-16-19-22-24-25-26-27-28-29-30-31-32-33-34-35-36-37-38-41-44-47-50-53-56-63(73)79-66-65(75)64(74)62(57-70)78-68(66)77-58-59(60(71)54-51-48-45-42-39-21-18-15-12-9-6-3)69-67(76)61(72)55-52-49-46-43-40-23-20-17-14-11-8-5-2/h7,10,16,19,24-25,27-28,30-31,33-34,51,54,59-62,64-66,68,70-72,74-75H,4-6,8-9,11-15,17-18,20-23,26,29,32,35-50,52-53,55-58H2,1-3H3,(H,69,76)/b10-7-,19-16-,25-24-,28-27-,31-30-,34-33-,54-51+. The fraction of sp³-hybridized carbons (Fsp3) is 0.765. The molecule has 11 nitrogen and oxygen atoms in total. The van der Waals surface area contributed by atoms with Gasteiger partial charge in [-0.3, -0.25) is 9.59 Å². The minimum Gasteiger partial charge on any atom is -0.454 e. The minimum atomic E-state index is -1.62. The van der Waals surface area contributed by atoms with Crippen molar-refractivity contribution in [1.29, 1.82) is 0 Å². The molecule has 456 valence electrons. The highest BCUT2D eigenvalue weighted by atomic mass is 16.7. The Morgan fingerprint density at radius 2 is 0.911 bits per heavy atom. The Balaban J connectivity index is 2.57. The van der Waals surface area contributed by atoms with Crippen molar-refractivity contribution in [3.8, 4) is 0 Å². The van der Waals surface area contributed by atoms with Crippen molar-refractivity contribution in [1.82, 2.24) is 5.32 Å². The van der Waals surface area contributed by atoms with Crippen LogP contribution in [0.3, 0.4) is 0 Å². The molecule has 0 aromatic carbocycles. The molecule has 8 unspecified atom stereocenters. The van der Waals surface area contributed by atoms with Gasteiger partial charge < -0.3 is 45.1 Å². The fourth-order valence-corrected chi connectivity index (χ4v) is 9.71. The number of hydrogen-bond donors (Lipinski definition) is 6. The highest BCUT2D eigenvalue weighted by Crippen LogP contribution is 2.26. The van der Waals surface area contributed by atoms with Crippen LogP contribution < -0.4 is 5.32 Å². The summed E-state index contributed by atoms with van der Waals surface area (Å²) < 4.78 is 17.6. The van der Waals surface area contributed by atoms with Gasteiger partial charge in [0.15, 0.2) is 12.4 Å². The SMILES string of the molecule is CC/C=C\C/C=C\C/C=C\C/C=C\C/C=C\C/C=C\CCCCCCCCCCC(=O)OC1C(OCC(NC(=O)C(O)CCCCCCCCCCCCCC)C(O)/C=C/CCCCCCCCCCC)OC(CO)C(O)C1O. The number of rotatable bonds is 54. The first kappa shape index (κ1) is 73.9. The number of allylic oxidation sites excluding steroid dienone is 13. The molecule has 0 spiro atoms. The minimum absolute atomic E-state index is 0.111. The second kappa shape index (κ2) is 55.4. The molecule has 0 radical (unpaired) electrons. The third-order valence-electron chi connectivity index (χ3n) is 14.8. The van der Waals surface area contributed by atoms with Crippen LogP contribution in [0.15, 0.2) is 85.1 Å². The van der Waals surface area contributed by atoms with E-state index in [1.54, 1.807) is 6.08 Å². The van der Waals surface area contributed by atoms with Crippen LogP contribution in [0.25, 0.3) is 0 Å². The van der Waals surface area contributed by atoms with Gasteiger partial charge in [-0.15, -0.1) is 0 Å². The topological polar surface area (TPSA) is 175 Å². The molecule has 79 heavy (non-hydrogen) atoms. The molecule has 1 fully saturated rings. The summed E-state index contributed by atoms with van der Waals surface area (Å²) >= 11 is 0. The van der Waals surface area contributed by atoms with E-state index in [9.17, 15) is 35.1 Å². The molecule has 1 saturated heterocycles. The lowest BCUT2D eigenvalue weighted by atomic mass is 9.99. The molecule has 1 heterocycles. The Morgan fingerprint density at radius 1 is 0.506 bits per heavy atom. The summed E-state index contributed by atoms with van der Waals surface area (Å²) in [5.74, 6) is -1.20. The van der Waals surface area contributed by atoms with Gasteiger partial charge in [0, 0.05) is 6.42 Å². The Kier molecular flexibility index (Phi) is 51.8. The summed E-state index contributed by atoms with van der Waals surface area (Å²) in [4.78, 5) is 26.5. The normalized spacial score (nSPS) is 19.4. The van der Waals surface area contributed by atoms with Gasteiger partial charge in [0.05, 0.1) is 25.4 Å². The quantitative estimate of drug-likeness (QED) is 0.0195. The van der Waals surface area contributed by atoms with Gasteiger partial charge in [0.1, 0.15) is 24.4 Å². The predicted octanol–water partition coefficient (Wildman–Crippen LogP) is 15.7. The van der Waals surface area contributed by atoms with Crippen LogP contribution in [0.1, 0.15) is 271 Å². The monoisotopic (exact) mass is 1110 g/mol. The van der Waals surface area contributed by atoms with Gasteiger partial charge in [-0.05, 0) is 77.0 Å². The zero-order chi connectivity index (χ0) is 57.5. The highest BCUT2D eigenvalue weighted by molar-refractivity contribution is 5.80. The second-order valence-electron chi connectivity index (χ2n) is 22.1. The first-order valence-corrected chi connectivity index (χ1v) is 32.4. The number of ether oxygens (including phenoxy) is 3. The Labute approximate surface area is 483 Å². The van der Waals surface area contributed by atoms with E-state index in [0.717, 1.165) is 109 Å². The van der Waals surface area contributed by atoms with Crippen LogP contribution in [0, 0.1) is 0 Å². The molecule has 0 aliphatic carbocycles. The molecular weight excluding hydrogens is 991 g/mol. The molecule has 1 aliphatic heterocycles. The number of aliphatic hydroxyl groups is 5. The molecule has 1 aliphatic rings. The Hall–Kier alpha value is -3.16. The first-order chi connectivity index (χ1) is 38.7. The Morgan fingerprint density at radius 3 is 1.37 bits per heavy atom. The highest BCUT2D eigenvalue weighted by Gasteiger charge is 2.47. The summed E-state index contributed by atoms with van der Waals surface area (Å²) in [5.41, 5.74) is 0. The lowest BCUT2D eigenvalue weighted by Gasteiger charge is -2.41. The summed E-state index contributed by atoms with van der Waals surface area (Å²) in [6.45, 7) is 5.66. The van der Waals surface area contributed by atoms with Crippen molar-refractivity contribution >= 4 is 11.9 Å². The van der Waals surface area contributed by atoms with Crippen molar-refractivity contribution in [3.05, 3.63) is 85.1 Å². The number of aliphatic hydroxyl groups excluding tert-OH is 5. The fourth-order valence-electron chi connectivity index (χ4n) is 9.71. The van der Waals surface area contributed by atoms with E-state index in [2.05, 4.69) is 99.0 Å². The predicted molar refractivity (Wildman–Crippen MR) is 329 cm³/mol. The lowest BCUT2D eigenvalue weighted by Crippen LogP contribution is -2.61. The van der Waals surface area contributed by atoms with E-state index in [1.165, 1.54) is 116 Å². The third kappa shape index (κ3) is 43.2. The lowest BCUT2D eigenvalue weighted by molar-refractivity contribution is -0.305. The average molecular weight is 1110 g/mol. The maximum Gasteiger partial charge on any atom is 0.306 e. The molecule has 8 atom stereocenters. The van der Waals surface area contributed by atoms with E-state index in [-0.39, 0.29) is 13.0 Å². The molecule has 1 amide bonds. The molecule has 1 rings (SSSR count). The van der Waals surface area contributed by atoms with Crippen LogP contribution in [-0.4, -0.2) is 99.6 Å². The summed E-state index contributed by atoms with van der Waals surface area (Å²) in [7, 11) is 0. The summed E-state index contributed by atoms with van der Waals surface area (Å²) in [5, 5.41) is 56.9. The third-order valence-corrected chi connectivity index (χ3v) is 14.8. The second-order valence-corrected chi connectivity index (χ2v) is 22.1. The summed E-state index contributed by atoms with van der Waals surface area (Å²) in [6.07, 6.45) is 62.0. The molecule has 0 bridgehead atoms. The van der Waals surface area contributed by atoms with Crippen molar-refractivity contribution in [3.63, 3.8) is 0 Å². The molecule has 0 saturated carbocycles. The zero-order valence-electron chi connectivity index (χ0n) is 50.5. The maximum atomic E-state index is 13.4. The number of carbonyl (C=O) groups excluding carboxylic acids is 2. The molecular formula is C68H119NO10. The smallest absolute Gasteiger partial charge is 0.306 e.